The summed E-state index contributed by atoms with van der Waals surface area (Å²) in [5.41, 5.74) is 0.0856. The fourth-order valence-electron chi connectivity index (χ4n) is 2.02. The Hall–Kier alpha value is -1.72. The van der Waals surface area contributed by atoms with Gasteiger partial charge in [-0.1, -0.05) is 23.7 Å². The van der Waals surface area contributed by atoms with E-state index in [1.807, 2.05) is 12.1 Å². The molecule has 2 nitrogen and oxygen atoms in total. The van der Waals surface area contributed by atoms with Gasteiger partial charge in [-0.15, -0.1) is 0 Å². The topological polar surface area (TPSA) is 18.5 Å². The Bertz CT molecular complexity index is 679. The molecular formula is C17H14ClF3O2. The van der Waals surface area contributed by atoms with Crippen LogP contribution in [0.15, 0.2) is 42.5 Å². The van der Waals surface area contributed by atoms with Gasteiger partial charge in [0.15, 0.2) is 0 Å². The van der Waals surface area contributed by atoms with Crippen molar-refractivity contribution in [1.29, 1.82) is 0 Å². The molecule has 1 saturated carbocycles. The molecule has 0 atom stereocenters. The van der Waals surface area contributed by atoms with Crippen LogP contribution in [0.4, 0.5) is 13.2 Å². The smallest absolute Gasteiger partial charge is 0.417 e. The average molecular weight is 343 g/mol. The second-order valence-electron chi connectivity index (χ2n) is 5.40. The van der Waals surface area contributed by atoms with Crippen molar-refractivity contribution in [2.45, 2.75) is 31.7 Å². The maximum Gasteiger partial charge on any atom is 0.417 e. The Morgan fingerprint density at radius 3 is 2.26 bits per heavy atom. The minimum absolute atomic E-state index is 0.0868. The highest BCUT2D eigenvalue weighted by atomic mass is 35.5. The van der Waals surface area contributed by atoms with Gasteiger partial charge in [0.1, 0.15) is 11.5 Å². The molecule has 1 aliphatic carbocycles. The summed E-state index contributed by atoms with van der Waals surface area (Å²) in [6, 6.07) is 10.5. The normalized spacial score (nSPS) is 14.8. The molecule has 0 bridgehead atoms. The lowest BCUT2D eigenvalue weighted by atomic mass is 10.2. The number of hydrogen-bond donors (Lipinski definition) is 0. The minimum atomic E-state index is -4.51. The molecule has 0 aliphatic heterocycles. The highest BCUT2D eigenvalue weighted by Crippen LogP contribution is 2.37. The quantitative estimate of drug-likeness (QED) is 0.680. The summed E-state index contributed by atoms with van der Waals surface area (Å²) in [5, 5.41) is -0.350. The lowest BCUT2D eigenvalue weighted by molar-refractivity contribution is -0.137. The molecule has 0 heterocycles. The molecule has 23 heavy (non-hydrogen) atoms. The van der Waals surface area contributed by atoms with Crippen LogP contribution < -0.4 is 4.74 Å². The van der Waals surface area contributed by atoms with Gasteiger partial charge in [-0.2, -0.15) is 13.2 Å². The summed E-state index contributed by atoms with van der Waals surface area (Å²) in [5.74, 6) is 0.541. The van der Waals surface area contributed by atoms with Gasteiger partial charge in [0.2, 0.25) is 0 Å². The maximum atomic E-state index is 12.8. The summed E-state index contributed by atoms with van der Waals surface area (Å²) in [7, 11) is 0. The molecule has 122 valence electrons. The van der Waals surface area contributed by atoms with Crippen LogP contribution in [0.5, 0.6) is 11.5 Å². The molecule has 0 N–H and O–H groups in total. The van der Waals surface area contributed by atoms with Crippen molar-refractivity contribution in [3.05, 3.63) is 58.6 Å². The van der Waals surface area contributed by atoms with Gasteiger partial charge in [0.05, 0.1) is 23.3 Å². The van der Waals surface area contributed by atoms with Gasteiger partial charge in [-0.25, -0.2) is 0 Å². The third-order valence-electron chi connectivity index (χ3n) is 3.41. The van der Waals surface area contributed by atoms with Gasteiger partial charge in [-0.05, 0) is 48.7 Å². The van der Waals surface area contributed by atoms with Crippen LogP contribution in [0.1, 0.15) is 24.0 Å². The maximum absolute atomic E-state index is 12.8. The first-order valence-electron chi connectivity index (χ1n) is 7.17. The van der Waals surface area contributed by atoms with Gasteiger partial charge in [0, 0.05) is 0 Å². The van der Waals surface area contributed by atoms with Crippen molar-refractivity contribution in [3.63, 3.8) is 0 Å². The number of ether oxygens (including phenoxy) is 2. The fraction of sp³-hybridized carbons (Fsp3) is 0.294. The van der Waals surface area contributed by atoms with E-state index in [1.165, 1.54) is 12.1 Å². The lowest BCUT2D eigenvalue weighted by Gasteiger charge is -2.12. The standard InChI is InChI=1S/C17H14ClF3O2/c18-16-8-7-14(9-15(16)17(19,20)21)23-13-3-1-11(2-4-13)10-22-12-5-6-12/h1-4,7-9,12H,5-6,10H2. The second-order valence-corrected chi connectivity index (χ2v) is 5.80. The zero-order chi connectivity index (χ0) is 16.4. The Balaban J connectivity index is 1.68. The summed E-state index contributed by atoms with van der Waals surface area (Å²) in [4.78, 5) is 0. The van der Waals surface area contributed by atoms with Crippen molar-refractivity contribution in [2.24, 2.45) is 0 Å². The van der Waals surface area contributed by atoms with Crippen molar-refractivity contribution in [3.8, 4) is 11.5 Å². The summed E-state index contributed by atoms with van der Waals surface area (Å²) in [6.45, 7) is 0.532. The Kier molecular flexibility index (Phi) is 4.50. The van der Waals surface area contributed by atoms with Crippen molar-refractivity contribution in [2.75, 3.05) is 0 Å². The van der Waals surface area contributed by atoms with Crippen molar-refractivity contribution >= 4 is 11.6 Å². The largest absolute Gasteiger partial charge is 0.457 e. The van der Waals surface area contributed by atoms with E-state index >= 15 is 0 Å². The summed E-state index contributed by atoms with van der Waals surface area (Å²) < 4.78 is 49.5. The van der Waals surface area contributed by atoms with Crippen LogP contribution in [0, 0.1) is 0 Å². The van der Waals surface area contributed by atoms with Gasteiger partial charge >= 0.3 is 6.18 Å². The summed E-state index contributed by atoms with van der Waals surface area (Å²) >= 11 is 5.58. The van der Waals surface area contributed by atoms with Crippen LogP contribution in [0.2, 0.25) is 5.02 Å². The van der Waals surface area contributed by atoms with Crippen molar-refractivity contribution < 1.29 is 22.6 Å². The Morgan fingerprint density at radius 2 is 1.65 bits per heavy atom. The highest BCUT2D eigenvalue weighted by Gasteiger charge is 2.33. The van der Waals surface area contributed by atoms with Crippen LogP contribution in [-0.4, -0.2) is 6.10 Å². The molecule has 2 aromatic carbocycles. The van der Waals surface area contributed by atoms with Gasteiger partial charge < -0.3 is 9.47 Å². The number of rotatable bonds is 5. The molecular weight excluding hydrogens is 329 g/mol. The predicted octanol–water partition coefficient (Wildman–Crippen LogP) is 5.83. The van der Waals surface area contributed by atoms with E-state index in [4.69, 9.17) is 21.1 Å². The number of benzene rings is 2. The molecule has 1 aliphatic rings. The molecule has 0 aromatic heterocycles. The van der Waals surface area contributed by atoms with E-state index in [0.29, 0.717) is 18.5 Å². The molecule has 3 rings (SSSR count). The molecule has 0 saturated heterocycles. The van der Waals surface area contributed by atoms with E-state index in [2.05, 4.69) is 0 Å². The van der Waals surface area contributed by atoms with E-state index in [1.54, 1.807) is 12.1 Å². The van der Waals surface area contributed by atoms with Crippen molar-refractivity contribution in [1.82, 2.24) is 0 Å². The molecule has 2 aromatic rings. The zero-order valence-corrected chi connectivity index (χ0v) is 12.8. The zero-order valence-electron chi connectivity index (χ0n) is 12.1. The van der Waals surface area contributed by atoms with E-state index in [-0.39, 0.29) is 10.8 Å². The Labute approximate surface area is 136 Å². The molecule has 6 heteroatoms. The van der Waals surface area contributed by atoms with E-state index < -0.39 is 11.7 Å². The summed E-state index contributed by atoms with van der Waals surface area (Å²) in [6.07, 6.45) is -1.92. The second kappa shape index (κ2) is 6.42. The number of alkyl halides is 3. The van der Waals surface area contributed by atoms with E-state index in [9.17, 15) is 13.2 Å². The third-order valence-corrected chi connectivity index (χ3v) is 3.74. The minimum Gasteiger partial charge on any atom is -0.457 e. The molecule has 0 spiro atoms. The molecule has 0 unspecified atom stereocenters. The first-order valence-corrected chi connectivity index (χ1v) is 7.55. The third kappa shape index (κ3) is 4.39. The average Bonchev–Trinajstić information content (AvgIpc) is 3.32. The van der Waals surface area contributed by atoms with E-state index in [0.717, 1.165) is 24.5 Å². The molecule has 0 amide bonds. The first kappa shape index (κ1) is 16.1. The number of hydrogen-bond acceptors (Lipinski definition) is 2. The predicted molar refractivity (Wildman–Crippen MR) is 80.8 cm³/mol. The lowest BCUT2D eigenvalue weighted by Crippen LogP contribution is -2.05. The van der Waals surface area contributed by atoms with Gasteiger partial charge in [-0.3, -0.25) is 0 Å². The van der Waals surface area contributed by atoms with Crippen LogP contribution in [-0.2, 0) is 17.5 Å². The highest BCUT2D eigenvalue weighted by molar-refractivity contribution is 6.31. The van der Waals surface area contributed by atoms with Crippen LogP contribution >= 0.6 is 11.6 Å². The molecule has 0 radical (unpaired) electrons. The Morgan fingerprint density at radius 1 is 1.00 bits per heavy atom. The van der Waals surface area contributed by atoms with Crippen LogP contribution in [0.25, 0.3) is 0 Å². The van der Waals surface area contributed by atoms with Crippen LogP contribution in [0.3, 0.4) is 0 Å². The molecule has 1 fully saturated rings. The monoisotopic (exact) mass is 342 g/mol. The SMILES string of the molecule is FC(F)(F)c1cc(Oc2ccc(COC3CC3)cc2)ccc1Cl. The fourth-order valence-corrected chi connectivity index (χ4v) is 2.25. The number of halogens is 4. The first-order chi connectivity index (χ1) is 10.9. The van der Waals surface area contributed by atoms with Gasteiger partial charge in [0.25, 0.3) is 0 Å².